The van der Waals surface area contributed by atoms with E-state index in [0.717, 1.165) is 0 Å². The molecule has 0 aliphatic heterocycles. The van der Waals surface area contributed by atoms with E-state index in [1.165, 1.54) is 17.0 Å². The molecule has 0 spiro atoms. The Morgan fingerprint density at radius 2 is 1.62 bits per heavy atom. The molecule has 0 atom stereocenters. The molecule has 1 heterocycles. The first-order valence-electron chi connectivity index (χ1n) is 4.98. The zero-order valence-corrected chi connectivity index (χ0v) is 9.55. The van der Waals surface area contributed by atoms with E-state index in [1.807, 2.05) is 11.7 Å². The molecule has 0 radical (unpaired) electrons. The van der Waals surface area contributed by atoms with E-state index in [9.17, 15) is 0 Å². The standard InChI is InChI=1S/C11H20N2/c1-7(2)10-9(5)13(6)12-11(10)8(3)4/h7-8H,1-6H3. The first-order chi connectivity index (χ1) is 5.95. The lowest BCUT2D eigenvalue weighted by atomic mass is 9.95. The van der Waals surface area contributed by atoms with E-state index >= 15 is 0 Å². The fourth-order valence-corrected chi connectivity index (χ4v) is 1.79. The minimum absolute atomic E-state index is 0.525. The van der Waals surface area contributed by atoms with Gasteiger partial charge >= 0.3 is 0 Å². The van der Waals surface area contributed by atoms with Crippen LogP contribution in [0.25, 0.3) is 0 Å². The Bertz CT molecular complexity index is 295. The maximum Gasteiger partial charge on any atom is 0.0687 e. The van der Waals surface area contributed by atoms with Crippen LogP contribution in [0, 0.1) is 6.92 Å². The summed E-state index contributed by atoms with van der Waals surface area (Å²) in [5.74, 6) is 1.10. The molecule has 1 rings (SSSR count). The molecule has 0 saturated heterocycles. The van der Waals surface area contributed by atoms with Gasteiger partial charge in [-0.15, -0.1) is 0 Å². The molecule has 2 heteroatoms. The summed E-state index contributed by atoms with van der Waals surface area (Å²) >= 11 is 0. The molecule has 0 N–H and O–H groups in total. The highest BCUT2D eigenvalue weighted by atomic mass is 15.3. The molecule has 1 aromatic heterocycles. The third-order valence-corrected chi connectivity index (χ3v) is 2.53. The van der Waals surface area contributed by atoms with Crippen LogP contribution in [0.2, 0.25) is 0 Å². The monoisotopic (exact) mass is 180 g/mol. The van der Waals surface area contributed by atoms with Crippen molar-refractivity contribution in [3.05, 3.63) is 17.0 Å². The minimum atomic E-state index is 0.525. The lowest BCUT2D eigenvalue weighted by molar-refractivity contribution is 0.697. The molecular weight excluding hydrogens is 160 g/mol. The summed E-state index contributed by atoms with van der Waals surface area (Å²) in [5, 5.41) is 4.55. The predicted octanol–water partition coefficient (Wildman–Crippen LogP) is 2.98. The SMILES string of the molecule is Cc1c(C(C)C)c(C(C)C)nn1C. The summed E-state index contributed by atoms with van der Waals surface area (Å²) in [5.41, 5.74) is 3.99. The molecule has 1 aromatic rings. The van der Waals surface area contributed by atoms with E-state index in [1.54, 1.807) is 0 Å². The Labute approximate surface area is 81.0 Å². The van der Waals surface area contributed by atoms with Gasteiger partial charge in [-0.2, -0.15) is 5.10 Å². The second kappa shape index (κ2) is 3.52. The van der Waals surface area contributed by atoms with Crippen molar-refractivity contribution in [2.75, 3.05) is 0 Å². The third-order valence-electron chi connectivity index (χ3n) is 2.53. The number of nitrogens with zero attached hydrogens (tertiary/aromatic N) is 2. The van der Waals surface area contributed by atoms with Crippen LogP contribution >= 0.6 is 0 Å². The van der Waals surface area contributed by atoms with Gasteiger partial charge in [0.1, 0.15) is 0 Å². The molecule has 0 fully saturated rings. The molecule has 0 aliphatic carbocycles. The Hall–Kier alpha value is -0.790. The van der Waals surface area contributed by atoms with Crippen molar-refractivity contribution in [3.63, 3.8) is 0 Å². The van der Waals surface area contributed by atoms with Gasteiger partial charge in [-0.1, -0.05) is 27.7 Å². The van der Waals surface area contributed by atoms with Gasteiger partial charge in [-0.25, -0.2) is 0 Å². The summed E-state index contributed by atoms with van der Waals surface area (Å²) in [7, 11) is 2.02. The van der Waals surface area contributed by atoms with Gasteiger partial charge in [0.05, 0.1) is 5.69 Å². The molecule has 13 heavy (non-hydrogen) atoms. The topological polar surface area (TPSA) is 17.8 Å². The molecule has 0 aromatic carbocycles. The first kappa shape index (κ1) is 10.3. The predicted molar refractivity (Wildman–Crippen MR) is 56.1 cm³/mol. The van der Waals surface area contributed by atoms with Crippen LogP contribution < -0.4 is 0 Å². The van der Waals surface area contributed by atoms with Crippen molar-refractivity contribution in [1.82, 2.24) is 9.78 Å². The molecule has 74 valence electrons. The van der Waals surface area contributed by atoms with Crippen LogP contribution in [0.3, 0.4) is 0 Å². The number of aryl methyl sites for hydroxylation is 1. The normalized spacial score (nSPS) is 11.7. The summed E-state index contributed by atoms with van der Waals surface area (Å²) in [6, 6.07) is 0. The fraction of sp³-hybridized carbons (Fsp3) is 0.727. The maximum absolute atomic E-state index is 4.55. The highest BCUT2D eigenvalue weighted by molar-refractivity contribution is 5.30. The van der Waals surface area contributed by atoms with Crippen LogP contribution in [-0.4, -0.2) is 9.78 Å². The fourth-order valence-electron chi connectivity index (χ4n) is 1.79. The Morgan fingerprint density at radius 3 is 1.92 bits per heavy atom. The summed E-state index contributed by atoms with van der Waals surface area (Å²) in [4.78, 5) is 0. The number of hydrogen-bond donors (Lipinski definition) is 0. The summed E-state index contributed by atoms with van der Waals surface area (Å²) < 4.78 is 1.99. The van der Waals surface area contributed by atoms with Gasteiger partial charge in [0.15, 0.2) is 0 Å². The van der Waals surface area contributed by atoms with Crippen molar-refractivity contribution < 1.29 is 0 Å². The van der Waals surface area contributed by atoms with E-state index in [4.69, 9.17) is 0 Å². The van der Waals surface area contributed by atoms with Crippen molar-refractivity contribution in [2.45, 2.75) is 46.5 Å². The smallest absolute Gasteiger partial charge is 0.0687 e. The highest BCUT2D eigenvalue weighted by Crippen LogP contribution is 2.27. The molecular formula is C11H20N2. The maximum atomic E-state index is 4.55. The van der Waals surface area contributed by atoms with Gasteiger partial charge < -0.3 is 0 Å². The average Bonchev–Trinajstić information content (AvgIpc) is 2.28. The molecule has 0 saturated carbocycles. The largest absolute Gasteiger partial charge is 0.272 e. The highest BCUT2D eigenvalue weighted by Gasteiger charge is 2.17. The molecule has 0 amide bonds. The number of aromatic nitrogens is 2. The van der Waals surface area contributed by atoms with E-state index in [-0.39, 0.29) is 0 Å². The van der Waals surface area contributed by atoms with Crippen LogP contribution in [0.15, 0.2) is 0 Å². The minimum Gasteiger partial charge on any atom is -0.272 e. The van der Waals surface area contributed by atoms with Crippen LogP contribution in [0.5, 0.6) is 0 Å². The van der Waals surface area contributed by atoms with Crippen molar-refractivity contribution in [1.29, 1.82) is 0 Å². The second-order valence-corrected chi connectivity index (χ2v) is 4.32. The lowest BCUT2D eigenvalue weighted by Gasteiger charge is -2.09. The van der Waals surface area contributed by atoms with Crippen LogP contribution in [0.4, 0.5) is 0 Å². The lowest BCUT2D eigenvalue weighted by Crippen LogP contribution is -1.97. The summed E-state index contributed by atoms with van der Waals surface area (Å²) in [6.07, 6.45) is 0. The Morgan fingerprint density at radius 1 is 1.08 bits per heavy atom. The summed E-state index contributed by atoms with van der Waals surface area (Å²) in [6.45, 7) is 11.0. The molecule has 0 bridgehead atoms. The number of hydrogen-bond acceptors (Lipinski definition) is 1. The van der Waals surface area contributed by atoms with Gasteiger partial charge in [0.25, 0.3) is 0 Å². The quantitative estimate of drug-likeness (QED) is 0.684. The number of rotatable bonds is 2. The van der Waals surface area contributed by atoms with Gasteiger partial charge in [0.2, 0.25) is 0 Å². The average molecular weight is 180 g/mol. The molecule has 2 nitrogen and oxygen atoms in total. The van der Waals surface area contributed by atoms with Gasteiger partial charge in [-0.3, -0.25) is 4.68 Å². The third kappa shape index (κ3) is 1.77. The van der Waals surface area contributed by atoms with Crippen molar-refractivity contribution >= 4 is 0 Å². The van der Waals surface area contributed by atoms with Gasteiger partial charge in [0, 0.05) is 12.7 Å². The molecule has 0 aliphatic rings. The second-order valence-electron chi connectivity index (χ2n) is 4.32. The van der Waals surface area contributed by atoms with Crippen molar-refractivity contribution in [3.8, 4) is 0 Å². The Kier molecular flexibility index (Phi) is 2.79. The van der Waals surface area contributed by atoms with E-state index in [0.29, 0.717) is 11.8 Å². The van der Waals surface area contributed by atoms with Crippen molar-refractivity contribution in [2.24, 2.45) is 7.05 Å². The zero-order chi connectivity index (χ0) is 10.2. The van der Waals surface area contributed by atoms with Crippen LogP contribution in [0.1, 0.15) is 56.5 Å². The van der Waals surface area contributed by atoms with E-state index < -0.39 is 0 Å². The molecule has 0 unspecified atom stereocenters. The van der Waals surface area contributed by atoms with Gasteiger partial charge in [-0.05, 0) is 24.3 Å². The zero-order valence-electron chi connectivity index (χ0n) is 9.55. The first-order valence-corrected chi connectivity index (χ1v) is 4.98. The Balaban J connectivity index is 3.27. The van der Waals surface area contributed by atoms with Crippen LogP contribution in [-0.2, 0) is 7.05 Å². The van der Waals surface area contributed by atoms with E-state index in [2.05, 4.69) is 39.7 Å².